The van der Waals surface area contributed by atoms with Crippen LogP contribution in [0.1, 0.15) is 12.5 Å². The van der Waals surface area contributed by atoms with Crippen LogP contribution in [0.25, 0.3) is 10.9 Å². The number of aryl methyl sites for hydroxylation is 1. The molecule has 1 aliphatic rings. The van der Waals surface area contributed by atoms with Gasteiger partial charge in [-0.3, -0.25) is 9.58 Å². The van der Waals surface area contributed by atoms with Gasteiger partial charge in [0.15, 0.2) is 6.61 Å². The van der Waals surface area contributed by atoms with E-state index in [0.717, 1.165) is 10.9 Å². The molecule has 4 aromatic rings. The summed E-state index contributed by atoms with van der Waals surface area (Å²) in [4.78, 5) is 21.1. The number of aliphatic hydroxyl groups is 2. The van der Waals surface area contributed by atoms with E-state index in [9.17, 15) is 23.8 Å². The first-order valence-electron chi connectivity index (χ1n) is 11.6. The van der Waals surface area contributed by atoms with Gasteiger partial charge in [0.2, 0.25) is 13.7 Å². The van der Waals surface area contributed by atoms with E-state index < -0.39 is 24.9 Å². The molecule has 0 spiro atoms. The second-order valence-electron chi connectivity index (χ2n) is 8.52. The van der Waals surface area contributed by atoms with E-state index in [4.69, 9.17) is 17.3 Å². The van der Waals surface area contributed by atoms with E-state index >= 15 is 0 Å². The molecule has 2 N–H and O–H groups in total. The highest BCUT2D eigenvalue weighted by atomic mass is 19.3. The summed E-state index contributed by atoms with van der Waals surface area (Å²) in [6, 6.07) is 13.9. The van der Waals surface area contributed by atoms with Gasteiger partial charge in [0.1, 0.15) is 11.6 Å². The number of carbonyl (C=O) groups excluding carboxylic acids is 1. The van der Waals surface area contributed by atoms with E-state index in [1.54, 1.807) is 21.7 Å². The summed E-state index contributed by atoms with van der Waals surface area (Å²) in [5.74, 6) is -2.70. The predicted molar refractivity (Wildman–Crippen MR) is 135 cm³/mol. The summed E-state index contributed by atoms with van der Waals surface area (Å²) < 4.78 is 37.1. The number of fused-ring (bicyclic) bond motifs is 2. The Morgan fingerprint density at radius 1 is 1.11 bits per heavy atom. The Bertz CT molecular complexity index is 1480. The molecule has 1 aliphatic heterocycles. The van der Waals surface area contributed by atoms with E-state index in [2.05, 4.69) is 10.1 Å². The van der Waals surface area contributed by atoms with Crippen molar-refractivity contribution in [2.24, 2.45) is 0 Å². The zero-order chi connectivity index (χ0) is 27.0. The molecule has 0 fully saturated rings. The molecule has 0 atom stereocenters. The second-order valence-corrected chi connectivity index (χ2v) is 8.52. The summed E-state index contributed by atoms with van der Waals surface area (Å²) in [7, 11) is 5.07. The Hall–Kier alpha value is -4.23. The minimum Gasteiger partial charge on any atom is -0.472 e. The fourth-order valence-electron chi connectivity index (χ4n) is 4.12. The minimum atomic E-state index is -2.88. The maximum Gasteiger partial charge on any atom is 0.335 e. The van der Waals surface area contributed by atoms with Crippen molar-refractivity contribution in [1.82, 2.24) is 14.8 Å². The third-order valence-corrected chi connectivity index (χ3v) is 5.78. The molecule has 0 aliphatic carbocycles. The van der Waals surface area contributed by atoms with Crippen molar-refractivity contribution in [3.63, 3.8) is 0 Å². The number of urea groups is 1. The SMILES string of the molecule is [B]C(O)(O)Oc1ccc(N2C(=O)N(c3ccc4nn(CC)cc4c3)Cc3ccc(OCC(F)F)nc32)cc1. The number of amides is 2. The van der Waals surface area contributed by atoms with Crippen molar-refractivity contribution in [3.05, 3.63) is 66.4 Å². The molecule has 13 heteroatoms. The van der Waals surface area contributed by atoms with Gasteiger partial charge < -0.3 is 19.7 Å². The first-order chi connectivity index (χ1) is 18.1. The smallest absolute Gasteiger partial charge is 0.335 e. The molecule has 3 heterocycles. The molecule has 0 unspecified atom stereocenters. The first-order valence-corrected chi connectivity index (χ1v) is 11.6. The molecule has 2 aromatic heterocycles. The van der Waals surface area contributed by atoms with Crippen LogP contribution < -0.4 is 19.3 Å². The fraction of sp³-hybridized carbons (Fsp3) is 0.240. The molecule has 0 bridgehead atoms. The third-order valence-electron chi connectivity index (χ3n) is 5.78. The van der Waals surface area contributed by atoms with Crippen LogP contribution in [0.4, 0.5) is 30.8 Å². The zero-order valence-electron chi connectivity index (χ0n) is 20.2. The van der Waals surface area contributed by atoms with Crippen molar-refractivity contribution in [1.29, 1.82) is 0 Å². The fourth-order valence-corrected chi connectivity index (χ4v) is 4.12. The molecule has 2 amide bonds. The highest BCUT2D eigenvalue weighted by Gasteiger charge is 2.34. The number of aromatic nitrogens is 3. The van der Waals surface area contributed by atoms with Gasteiger partial charge in [-0.15, -0.1) is 0 Å². The van der Waals surface area contributed by atoms with Gasteiger partial charge in [0.25, 0.3) is 12.3 Å². The number of hydrogen-bond acceptors (Lipinski definition) is 7. The Morgan fingerprint density at radius 3 is 2.53 bits per heavy atom. The van der Waals surface area contributed by atoms with Gasteiger partial charge in [-0.05, 0) is 55.5 Å². The van der Waals surface area contributed by atoms with E-state index in [-0.39, 0.29) is 24.0 Å². The molecule has 0 saturated heterocycles. The van der Waals surface area contributed by atoms with Crippen molar-refractivity contribution in [2.45, 2.75) is 32.3 Å². The normalized spacial score (nSPS) is 13.8. The molecule has 10 nitrogen and oxygen atoms in total. The van der Waals surface area contributed by atoms with Crippen LogP contribution in [0.15, 0.2) is 60.8 Å². The van der Waals surface area contributed by atoms with Crippen molar-refractivity contribution in [2.75, 3.05) is 16.4 Å². The number of pyridine rings is 1. The lowest BCUT2D eigenvalue weighted by atomic mass is 10.1. The van der Waals surface area contributed by atoms with Crippen molar-refractivity contribution < 1.29 is 33.3 Å². The lowest BCUT2D eigenvalue weighted by Gasteiger charge is -2.36. The van der Waals surface area contributed by atoms with Crippen LogP contribution in [0.2, 0.25) is 0 Å². The summed E-state index contributed by atoms with van der Waals surface area (Å²) in [6.07, 6.45) is -0.792. The number of alkyl halides is 2. The van der Waals surface area contributed by atoms with Crippen molar-refractivity contribution in [3.8, 4) is 11.6 Å². The van der Waals surface area contributed by atoms with E-state index in [1.165, 1.54) is 35.2 Å². The Balaban J connectivity index is 1.55. The highest BCUT2D eigenvalue weighted by molar-refractivity contribution is 6.12. The average Bonchev–Trinajstić information content (AvgIpc) is 3.29. The number of hydrogen-bond donors (Lipinski definition) is 2. The molecule has 2 radical (unpaired) electrons. The maximum absolute atomic E-state index is 13.9. The number of nitrogens with zero attached hydrogens (tertiary/aromatic N) is 5. The summed E-state index contributed by atoms with van der Waals surface area (Å²) >= 11 is 0. The van der Waals surface area contributed by atoms with Crippen molar-refractivity contribution >= 4 is 42.0 Å². The third kappa shape index (κ3) is 5.24. The Kier molecular flexibility index (Phi) is 6.63. The highest BCUT2D eigenvalue weighted by Crippen LogP contribution is 2.38. The van der Waals surface area contributed by atoms with Crippen LogP contribution in [0, 0.1) is 0 Å². The molecule has 5 rings (SSSR count). The summed E-state index contributed by atoms with van der Waals surface area (Å²) in [5.41, 5.74) is 2.41. The van der Waals surface area contributed by atoms with Crippen LogP contribution in [-0.2, 0) is 13.1 Å². The summed E-state index contributed by atoms with van der Waals surface area (Å²) in [6.45, 7) is 2.01. The monoisotopic (exact) mass is 521 g/mol. The topological polar surface area (TPSA) is 113 Å². The van der Waals surface area contributed by atoms with Gasteiger partial charge in [-0.2, -0.15) is 10.1 Å². The van der Waals surface area contributed by atoms with Crippen LogP contribution in [0.3, 0.4) is 0 Å². The first kappa shape index (κ1) is 25.4. The largest absolute Gasteiger partial charge is 0.472 e. The van der Waals surface area contributed by atoms with E-state index in [1.807, 2.05) is 25.3 Å². The number of anilines is 3. The lowest BCUT2D eigenvalue weighted by molar-refractivity contribution is -0.223. The van der Waals surface area contributed by atoms with Crippen LogP contribution in [-0.4, -0.2) is 57.8 Å². The quantitative estimate of drug-likeness (QED) is 0.270. The number of ether oxygens (including phenoxy) is 2. The molecule has 2 aromatic carbocycles. The zero-order valence-corrected chi connectivity index (χ0v) is 20.2. The number of rotatable bonds is 8. The van der Waals surface area contributed by atoms with Crippen LogP contribution >= 0.6 is 0 Å². The number of benzene rings is 2. The lowest BCUT2D eigenvalue weighted by Crippen LogP contribution is -2.45. The molecular weight excluding hydrogens is 499 g/mol. The number of carbonyl (C=O) groups is 1. The Morgan fingerprint density at radius 2 is 1.84 bits per heavy atom. The second kappa shape index (κ2) is 9.91. The van der Waals surface area contributed by atoms with Gasteiger partial charge in [-0.25, -0.2) is 18.5 Å². The number of halogens is 2. The van der Waals surface area contributed by atoms with Gasteiger partial charge in [-0.1, -0.05) is 0 Å². The molecule has 38 heavy (non-hydrogen) atoms. The minimum absolute atomic E-state index is 0.0307. The molecular formula is C25H22BF2N5O5. The Labute approximate surface area is 217 Å². The van der Waals surface area contributed by atoms with Gasteiger partial charge >= 0.3 is 6.03 Å². The van der Waals surface area contributed by atoms with Crippen LogP contribution in [0.5, 0.6) is 11.6 Å². The molecule has 0 saturated carbocycles. The average molecular weight is 521 g/mol. The van der Waals surface area contributed by atoms with Gasteiger partial charge in [0.05, 0.1) is 17.7 Å². The summed E-state index contributed by atoms with van der Waals surface area (Å²) in [5, 5.41) is 23.9. The predicted octanol–water partition coefficient (Wildman–Crippen LogP) is 3.52. The molecule has 194 valence electrons. The maximum atomic E-state index is 13.9. The van der Waals surface area contributed by atoms with E-state index in [0.29, 0.717) is 23.5 Å². The standard InChI is InChI=1S/C25H22BF2N5O5/c1-2-31-12-16-11-18(6-9-20(16)30-31)32-13-15-3-10-22(37-14-21(27)28)29-23(15)33(24(32)34)17-4-7-19(8-5-17)38-25(26,35)36/h3-12,21,35-36H,2,13-14H2,1H3. The van der Waals surface area contributed by atoms with Gasteiger partial charge in [0, 0.05) is 35.4 Å².